The molecule has 11 heavy (non-hydrogen) atoms. The van der Waals surface area contributed by atoms with Crippen LogP contribution in [0.2, 0.25) is 0 Å². The van der Waals surface area contributed by atoms with E-state index in [1.54, 1.807) is 4.90 Å². The molecule has 1 amide bonds. The van der Waals surface area contributed by atoms with Crippen molar-refractivity contribution in [3.8, 4) is 0 Å². The second kappa shape index (κ2) is 4.01. The number of likely N-dealkylation sites (tertiary alicyclic amines) is 1. The first kappa shape index (κ1) is 6.70. The zero-order valence-electron chi connectivity index (χ0n) is 7.45. The van der Waals surface area contributed by atoms with Gasteiger partial charge in [0.05, 0.1) is 6.26 Å². The Bertz CT molecular complexity index is 176. The molecule has 0 atom stereocenters. The summed E-state index contributed by atoms with van der Waals surface area (Å²) >= 11 is 0. The van der Waals surface area contributed by atoms with Crippen molar-refractivity contribution in [1.82, 2.24) is 4.90 Å². The van der Waals surface area contributed by atoms with Crippen LogP contribution < -0.4 is 0 Å². The normalized spacial score (nSPS) is 18.9. The van der Waals surface area contributed by atoms with Crippen molar-refractivity contribution in [2.24, 2.45) is 0 Å². The Morgan fingerprint density at radius 1 is 1.64 bits per heavy atom. The van der Waals surface area contributed by atoms with Gasteiger partial charge >= 0.3 is 6.09 Å². The maximum atomic E-state index is 11.1. The molecule has 0 saturated carbocycles. The lowest BCUT2D eigenvalue weighted by Crippen LogP contribution is -2.26. The fourth-order valence-electron chi connectivity index (χ4n) is 1.08. The Morgan fingerprint density at radius 3 is 3.00 bits per heavy atom. The summed E-state index contributed by atoms with van der Waals surface area (Å²) in [5.74, 6) is 0. The van der Waals surface area contributed by atoms with Gasteiger partial charge in [0.2, 0.25) is 0 Å². The predicted octanol–water partition coefficient (Wildman–Crippen LogP) is 1.75. The summed E-state index contributed by atoms with van der Waals surface area (Å²) in [4.78, 5) is 12.8. The molecule has 0 bridgehead atoms. The maximum Gasteiger partial charge on any atom is 0.414 e. The van der Waals surface area contributed by atoms with E-state index in [1.165, 1.54) is 12.3 Å². The topological polar surface area (TPSA) is 29.5 Å². The first-order chi connectivity index (χ1) is 5.84. The van der Waals surface area contributed by atoms with E-state index in [-0.39, 0.29) is 13.0 Å². The molecule has 0 aliphatic carbocycles. The van der Waals surface area contributed by atoms with Crippen LogP contribution >= 0.6 is 0 Å². The van der Waals surface area contributed by atoms with Gasteiger partial charge in [-0.1, -0.05) is 6.08 Å². The second-order valence-electron chi connectivity index (χ2n) is 2.45. The summed E-state index contributed by atoms with van der Waals surface area (Å²) in [6.45, 7) is 1.74. The number of carbonyl (C=O) groups is 1. The molecule has 0 spiro atoms. The van der Waals surface area contributed by atoms with Gasteiger partial charge < -0.3 is 9.64 Å². The number of carbonyl (C=O) groups excluding carboxylic acids is 1. The molecule has 62 valence electrons. The Hall–Kier alpha value is -0.990. The molecular formula is C8H13NO2. The van der Waals surface area contributed by atoms with E-state index in [0.29, 0.717) is 0 Å². The van der Waals surface area contributed by atoms with Crippen molar-refractivity contribution >= 4 is 6.09 Å². The molecule has 1 rings (SSSR count). The number of ether oxygens (including phenoxy) is 1. The highest BCUT2D eigenvalue weighted by atomic mass is 16.5. The minimum absolute atomic E-state index is 0.146. The van der Waals surface area contributed by atoms with Crippen LogP contribution in [0, 0.1) is 0 Å². The monoisotopic (exact) mass is 156 g/mol. The molecular weight excluding hydrogens is 142 g/mol. The lowest BCUT2D eigenvalue weighted by molar-refractivity contribution is 0.147. The molecule has 1 aliphatic rings. The van der Waals surface area contributed by atoms with Crippen molar-refractivity contribution in [3.05, 3.63) is 12.3 Å². The smallest absolute Gasteiger partial charge is 0.414 e. The molecule has 1 aliphatic heterocycles. The average molecular weight is 156 g/mol. The van der Waals surface area contributed by atoms with Crippen molar-refractivity contribution < 1.29 is 10.9 Å². The second-order valence-corrected chi connectivity index (χ2v) is 2.45. The van der Waals surface area contributed by atoms with Gasteiger partial charge in [0.1, 0.15) is 0 Å². The first-order valence-electron chi connectivity index (χ1n) is 4.45. The van der Waals surface area contributed by atoms with Gasteiger partial charge in [-0.2, -0.15) is 0 Å². The van der Waals surface area contributed by atoms with Crippen molar-refractivity contribution in [3.63, 3.8) is 0 Å². The van der Waals surface area contributed by atoms with Crippen LogP contribution in [0.25, 0.3) is 0 Å². The summed E-state index contributed by atoms with van der Waals surface area (Å²) in [7, 11) is 0. The van der Waals surface area contributed by atoms with Crippen LogP contribution in [-0.2, 0) is 4.74 Å². The summed E-state index contributed by atoms with van der Waals surface area (Å²) in [5.41, 5.74) is 0. The van der Waals surface area contributed by atoms with Crippen LogP contribution in [0.4, 0.5) is 4.79 Å². The predicted molar refractivity (Wildman–Crippen MR) is 42.1 cm³/mol. The van der Waals surface area contributed by atoms with E-state index in [1.807, 2.05) is 0 Å². The molecule has 0 aromatic heterocycles. The Labute approximate surface area is 68.0 Å². The molecule has 0 N–H and O–H groups in total. The first-order valence-corrected chi connectivity index (χ1v) is 3.74. The van der Waals surface area contributed by atoms with Gasteiger partial charge in [0.15, 0.2) is 0 Å². The minimum atomic E-state index is -0.294. The van der Waals surface area contributed by atoms with Gasteiger partial charge in [0, 0.05) is 14.5 Å². The van der Waals surface area contributed by atoms with Crippen molar-refractivity contribution in [2.45, 2.75) is 19.7 Å². The highest BCUT2D eigenvalue weighted by molar-refractivity contribution is 5.68. The number of rotatable bonds is 1. The number of hydrogen-bond donors (Lipinski definition) is 0. The standard InChI is InChI=1S/C8H13NO2/c1-2-7-11-8(10)9-5-3-4-6-9/h2,7H,3-6H2,1H3/i1D. The number of allylic oxidation sites excluding steroid dienone is 1. The zero-order chi connectivity index (χ0) is 8.81. The van der Waals surface area contributed by atoms with Crippen molar-refractivity contribution in [2.75, 3.05) is 13.1 Å². The molecule has 0 unspecified atom stereocenters. The van der Waals surface area contributed by atoms with Crippen LogP contribution in [0.5, 0.6) is 0 Å². The molecule has 3 heteroatoms. The van der Waals surface area contributed by atoms with Gasteiger partial charge in [-0.25, -0.2) is 4.79 Å². The van der Waals surface area contributed by atoms with Crippen molar-refractivity contribution in [1.29, 1.82) is 0 Å². The molecule has 1 heterocycles. The minimum Gasteiger partial charge on any atom is -0.419 e. The van der Waals surface area contributed by atoms with Gasteiger partial charge in [0.25, 0.3) is 0 Å². The molecule has 3 nitrogen and oxygen atoms in total. The molecule has 0 aromatic carbocycles. The summed E-state index contributed by atoms with van der Waals surface area (Å²) in [6.07, 6.45) is 4.62. The third-order valence-corrected chi connectivity index (χ3v) is 1.63. The van der Waals surface area contributed by atoms with Gasteiger partial charge in [-0.15, -0.1) is 0 Å². The lowest BCUT2D eigenvalue weighted by atomic mass is 10.4. The fraction of sp³-hybridized carbons (Fsp3) is 0.625. The molecule has 1 fully saturated rings. The lowest BCUT2D eigenvalue weighted by Gasteiger charge is -2.12. The average Bonchev–Trinajstić information content (AvgIpc) is 2.56. The molecule has 0 radical (unpaired) electrons. The Balaban J connectivity index is 2.22. The number of nitrogens with zero attached hydrogens (tertiary/aromatic N) is 1. The molecule has 0 aromatic rings. The number of amides is 1. The van der Waals surface area contributed by atoms with E-state index in [0.717, 1.165) is 25.9 Å². The summed E-state index contributed by atoms with van der Waals surface area (Å²) < 4.78 is 11.5. The summed E-state index contributed by atoms with van der Waals surface area (Å²) in [5, 5.41) is 0. The third kappa shape index (κ3) is 2.26. The van der Waals surface area contributed by atoms with Crippen LogP contribution in [0.15, 0.2) is 12.3 Å². The van der Waals surface area contributed by atoms with Crippen LogP contribution in [0.3, 0.4) is 0 Å². The summed E-state index contributed by atoms with van der Waals surface area (Å²) in [6, 6.07) is 0. The Morgan fingerprint density at radius 2 is 2.36 bits per heavy atom. The highest BCUT2D eigenvalue weighted by Crippen LogP contribution is 2.08. The van der Waals surface area contributed by atoms with Crippen LogP contribution in [0.1, 0.15) is 21.1 Å². The largest absolute Gasteiger partial charge is 0.419 e. The van der Waals surface area contributed by atoms with E-state index in [2.05, 4.69) is 0 Å². The zero-order valence-corrected chi connectivity index (χ0v) is 6.45. The van der Waals surface area contributed by atoms with Crippen LogP contribution in [-0.4, -0.2) is 24.1 Å². The van der Waals surface area contributed by atoms with Gasteiger partial charge in [-0.3, -0.25) is 0 Å². The van der Waals surface area contributed by atoms with E-state index < -0.39 is 0 Å². The SMILES string of the molecule is [2H]CC=COC(=O)N1CCCC1. The quantitative estimate of drug-likeness (QED) is 0.541. The van der Waals surface area contributed by atoms with E-state index in [9.17, 15) is 4.79 Å². The van der Waals surface area contributed by atoms with Gasteiger partial charge in [-0.05, 0) is 19.7 Å². The number of hydrogen-bond acceptors (Lipinski definition) is 2. The van der Waals surface area contributed by atoms with E-state index in [4.69, 9.17) is 6.11 Å². The fourth-order valence-corrected chi connectivity index (χ4v) is 1.08. The third-order valence-electron chi connectivity index (χ3n) is 1.63. The highest BCUT2D eigenvalue weighted by Gasteiger charge is 2.17. The Kier molecular flexibility index (Phi) is 2.44. The molecule has 1 saturated heterocycles. The maximum absolute atomic E-state index is 11.1. The van der Waals surface area contributed by atoms with E-state index >= 15 is 0 Å².